The normalized spacial score (nSPS) is 21.7. The lowest BCUT2D eigenvalue weighted by Crippen LogP contribution is -2.31. The van der Waals surface area contributed by atoms with Crippen molar-refractivity contribution >= 4 is 33.9 Å². The topological polar surface area (TPSA) is 73.8 Å². The third kappa shape index (κ3) is 2.42. The van der Waals surface area contributed by atoms with E-state index >= 15 is 0 Å². The molecule has 2 heterocycles. The van der Waals surface area contributed by atoms with Gasteiger partial charge in [0.2, 0.25) is 5.91 Å². The zero-order valence-electron chi connectivity index (χ0n) is 14.7. The Morgan fingerprint density at radius 2 is 2.12 bits per heavy atom. The Hall–Kier alpha value is -2.66. The maximum atomic E-state index is 12.4. The van der Waals surface area contributed by atoms with Crippen molar-refractivity contribution < 1.29 is 4.79 Å². The molecule has 2 unspecified atom stereocenters. The molecule has 2 N–H and O–H groups in total. The second kappa shape index (κ2) is 5.68. The predicted molar refractivity (Wildman–Crippen MR) is 103 cm³/mol. The number of carbonyl (C=O) groups is 1. The molecule has 1 aliphatic carbocycles. The number of fused-ring (bicyclic) bond motifs is 1. The van der Waals surface area contributed by atoms with E-state index in [0.29, 0.717) is 17.1 Å². The predicted octanol–water partition coefficient (Wildman–Crippen LogP) is 3.57. The molecular formula is C20H19ClN4O. The summed E-state index contributed by atoms with van der Waals surface area (Å²) in [4.78, 5) is 16.9. The molecule has 6 heteroatoms. The number of carbonyl (C=O) groups excluding carboxylic acids is 1. The molecule has 4 rings (SSSR count). The third-order valence-electron chi connectivity index (χ3n) is 5.25. The van der Waals surface area contributed by atoms with E-state index in [1.807, 2.05) is 38.4 Å². The largest absolute Gasteiger partial charge is 0.369 e. The Bertz CT molecular complexity index is 1070. The first-order valence-electron chi connectivity index (χ1n) is 8.37. The van der Waals surface area contributed by atoms with Crippen LogP contribution in [-0.2, 0) is 17.3 Å². The molecule has 132 valence electrons. The summed E-state index contributed by atoms with van der Waals surface area (Å²) in [7, 11) is 1.86. The first kappa shape index (κ1) is 16.8. The van der Waals surface area contributed by atoms with Crippen molar-refractivity contribution in [2.45, 2.75) is 24.7 Å². The summed E-state index contributed by atoms with van der Waals surface area (Å²) in [6.45, 7) is 5.89. The lowest BCUT2D eigenvalue weighted by atomic mass is 9.93. The number of primary amides is 1. The smallest absolute Gasteiger partial charge is 0.230 e. The van der Waals surface area contributed by atoms with Crippen molar-refractivity contribution in [3.05, 3.63) is 65.2 Å². The maximum Gasteiger partial charge on any atom is 0.230 e. The van der Waals surface area contributed by atoms with E-state index in [1.165, 1.54) is 0 Å². The molecule has 1 saturated carbocycles. The number of aromatic nitrogens is 3. The lowest BCUT2D eigenvalue weighted by molar-refractivity contribution is -0.120. The molecule has 1 aliphatic rings. The second-order valence-electron chi connectivity index (χ2n) is 7.07. The van der Waals surface area contributed by atoms with Gasteiger partial charge in [0.1, 0.15) is 0 Å². The standard InChI is InChI=1S/C20H19ClN4O/c1-11(2)15-4-12-6-18(23-8-13(12)5-17(15)21)20(19(22)26)7-16(20)14-9-24-25(3)10-14/h4-6,8-10,16H,1,7H2,2-3H3,(H2,22,26). The molecule has 1 fully saturated rings. The number of amides is 1. The van der Waals surface area contributed by atoms with Gasteiger partial charge in [0.05, 0.1) is 17.3 Å². The fourth-order valence-electron chi connectivity index (χ4n) is 3.70. The number of rotatable bonds is 4. The van der Waals surface area contributed by atoms with Gasteiger partial charge in [-0.25, -0.2) is 0 Å². The molecule has 0 aliphatic heterocycles. The number of hydrogen-bond acceptors (Lipinski definition) is 3. The highest BCUT2D eigenvalue weighted by Gasteiger charge is 2.62. The van der Waals surface area contributed by atoms with Gasteiger partial charge < -0.3 is 5.73 Å². The molecule has 0 saturated heterocycles. The maximum absolute atomic E-state index is 12.4. The van der Waals surface area contributed by atoms with E-state index in [4.69, 9.17) is 17.3 Å². The van der Waals surface area contributed by atoms with Crippen molar-refractivity contribution in [3.63, 3.8) is 0 Å². The molecule has 2 aromatic heterocycles. The van der Waals surface area contributed by atoms with Crippen molar-refractivity contribution in [1.29, 1.82) is 0 Å². The first-order valence-corrected chi connectivity index (χ1v) is 8.75. The van der Waals surface area contributed by atoms with E-state index in [-0.39, 0.29) is 11.8 Å². The third-order valence-corrected chi connectivity index (χ3v) is 5.56. The minimum atomic E-state index is -0.778. The Labute approximate surface area is 156 Å². The fourth-order valence-corrected chi connectivity index (χ4v) is 4.04. The van der Waals surface area contributed by atoms with Gasteiger partial charge in [-0.3, -0.25) is 14.5 Å². The summed E-state index contributed by atoms with van der Waals surface area (Å²) in [6, 6.07) is 5.81. The van der Waals surface area contributed by atoms with Crippen LogP contribution in [0.4, 0.5) is 0 Å². The highest BCUT2D eigenvalue weighted by atomic mass is 35.5. The zero-order valence-corrected chi connectivity index (χ0v) is 15.4. The van der Waals surface area contributed by atoms with Gasteiger partial charge in [-0.15, -0.1) is 0 Å². The summed E-state index contributed by atoms with van der Waals surface area (Å²) in [5.41, 5.74) is 8.51. The number of nitrogens with two attached hydrogens (primary N) is 1. The monoisotopic (exact) mass is 366 g/mol. The summed E-state index contributed by atoms with van der Waals surface area (Å²) in [5, 5.41) is 6.74. The minimum absolute atomic E-state index is 0.00608. The lowest BCUT2D eigenvalue weighted by Gasteiger charge is -2.14. The van der Waals surface area contributed by atoms with Gasteiger partial charge in [-0.1, -0.05) is 18.2 Å². The van der Waals surface area contributed by atoms with Crippen LogP contribution in [0.1, 0.15) is 36.1 Å². The number of pyridine rings is 1. The van der Waals surface area contributed by atoms with Crippen molar-refractivity contribution in [2.24, 2.45) is 12.8 Å². The van der Waals surface area contributed by atoms with Crippen molar-refractivity contribution in [2.75, 3.05) is 0 Å². The molecule has 1 amide bonds. The Kier molecular flexibility index (Phi) is 3.66. The summed E-state index contributed by atoms with van der Waals surface area (Å²) >= 11 is 6.32. The van der Waals surface area contributed by atoms with Gasteiger partial charge in [0.15, 0.2) is 0 Å². The molecule has 1 aromatic carbocycles. The first-order chi connectivity index (χ1) is 12.3. The fraction of sp³-hybridized carbons (Fsp3) is 0.250. The number of allylic oxidation sites excluding steroid dienone is 1. The van der Waals surface area contributed by atoms with E-state index in [0.717, 1.165) is 27.5 Å². The van der Waals surface area contributed by atoms with Gasteiger partial charge in [0.25, 0.3) is 0 Å². The summed E-state index contributed by atoms with van der Waals surface area (Å²) in [5.74, 6) is -0.348. The quantitative estimate of drug-likeness (QED) is 0.767. The molecule has 0 radical (unpaired) electrons. The molecule has 5 nitrogen and oxygen atoms in total. The van der Waals surface area contributed by atoms with E-state index < -0.39 is 5.41 Å². The van der Waals surface area contributed by atoms with Crippen LogP contribution in [0.5, 0.6) is 0 Å². The van der Waals surface area contributed by atoms with Crippen molar-refractivity contribution in [1.82, 2.24) is 14.8 Å². The number of aryl methyl sites for hydroxylation is 1. The number of benzene rings is 1. The zero-order chi connectivity index (χ0) is 18.6. The highest BCUT2D eigenvalue weighted by Crippen LogP contribution is 2.60. The SMILES string of the molecule is C=C(C)c1cc2cc(C3(C(N)=O)CC3c3cnn(C)c3)ncc2cc1Cl. The Morgan fingerprint density at radius 1 is 1.35 bits per heavy atom. The summed E-state index contributed by atoms with van der Waals surface area (Å²) in [6.07, 6.45) is 6.11. The number of halogens is 1. The Morgan fingerprint density at radius 3 is 2.73 bits per heavy atom. The van der Waals surface area contributed by atoms with E-state index in [9.17, 15) is 4.79 Å². The molecule has 0 spiro atoms. The second-order valence-corrected chi connectivity index (χ2v) is 7.48. The molecule has 0 bridgehead atoms. The average Bonchev–Trinajstić information content (AvgIpc) is 3.21. The van der Waals surface area contributed by atoms with Crippen LogP contribution in [0.15, 0.2) is 43.4 Å². The van der Waals surface area contributed by atoms with Crippen LogP contribution in [0.25, 0.3) is 16.3 Å². The molecular weight excluding hydrogens is 348 g/mol. The van der Waals surface area contributed by atoms with Gasteiger partial charge in [0, 0.05) is 35.8 Å². The van der Waals surface area contributed by atoms with Crippen LogP contribution in [0.3, 0.4) is 0 Å². The molecule has 3 aromatic rings. The van der Waals surface area contributed by atoms with Crippen molar-refractivity contribution in [3.8, 4) is 0 Å². The van der Waals surface area contributed by atoms with Gasteiger partial charge in [-0.2, -0.15) is 5.10 Å². The minimum Gasteiger partial charge on any atom is -0.369 e. The van der Waals surface area contributed by atoms with Gasteiger partial charge in [-0.05, 0) is 53.6 Å². The van der Waals surface area contributed by atoms with Crippen LogP contribution in [-0.4, -0.2) is 20.7 Å². The van der Waals surface area contributed by atoms with Crippen LogP contribution < -0.4 is 5.73 Å². The van der Waals surface area contributed by atoms with Gasteiger partial charge >= 0.3 is 0 Å². The Balaban J connectivity index is 1.83. The number of hydrogen-bond donors (Lipinski definition) is 1. The molecule has 26 heavy (non-hydrogen) atoms. The number of nitrogens with zero attached hydrogens (tertiary/aromatic N) is 3. The summed E-state index contributed by atoms with van der Waals surface area (Å²) < 4.78 is 1.73. The van der Waals surface area contributed by atoms with Crippen LogP contribution in [0, 0.1) is 0 Å². The van der Waals surface area contributed by atoms with E-state index in [1.54, 1.807) is 17.1 Å². The van der Waals surface area contributed by atoms with Crippen LogP contribution in [0.2, 0.25) is 5.02 Å². The highest BCUT2D eigenvalue weighted by molar-refractivity contribution is 6.33. The molecule has 2 atom stereocenters. The average molecular weight is 367 g/mol. The van der Waals surface area contributed by atoms with Crippen LogP contribution >= 0.6 is 11.6 Å². The van der Waals surface area contributed by atoms with E-state index in [2.05, 4.69) is 16.7 Å².